The molecule has 0 N–H and O–H groups in total. The highest BCUT2D eigenvalue weighted by atomic mass is 19.1. The molecule has 0 aromatic heterocycles. The predicted molar refractivity (Wildman–Crippen MR) is 96.3 cm³/mol. The van der Waals surface area contributed by atoms with Crippen LogP contribution in [0.4, 0.5) is 4.39 Å². The van der Waals surface area contributed by atoms with Crippen molar-refractivity contribution in [1.82, 2.24) is 9.80 Å². The highest BCUT2D eigenvalue weighted by Gasteiger charge is 2.49. The van der Waals surface area contributed by atoms with E-state index in [-0.39, 0.29) is 23.0 Å². The molecule has 142 valence electrons. The van der Waals surface area contributed by atoms with Gasteiger partial charge in [0.15, 0.2) is 0 Å². The van der Waals surface area contributed by atoms with Crippen LogP contribution in [0.5, 0.6) is 0 Å². The summed E-state index contributed by atoms with van der Waals surface area (Å²) in [6.45, 7) is 6.79. The minimum Gasteiger partial charge on any atom is -0.384 e. The molecule has 2 fully saturated rings. The molecule has 5 nitrogen and oxygen atoms in total. The summed E-state index contributed by atoms with van der Waals surface area (Å²) in [7, 11) is 1.69. The van der Waals surface area contributed by atoms with Crippen molar-refractivity contribution >= 4 is 11.8 Å². The Labute approximate surface area is 154 Å². The Kier molecular flexibility index (Phi) is 5.32. The maximum Gasteiger partial charge on any atom is 0.254 e. The summed E-state index contributed by atoms with van der Waals surface area (Å²) in [4.78, 5) is 28.4. The number of rotatable bonds is 3. The summed E-state index contributed by atoms with van der Waals surface area (Å²) in [5.74, 6) is 0.0426. The second-order valence-electron chi connectivity index (χ2n) is 7.67. The van der Waals surface area contributed by atoms with Gasteiger partial charge in [0.25, 0.3) is 5.91 Å². The first-order chi connectivity index (χ1) is 12.4. The molecule has 2 saturated heterocycles. The Hall–Kier alpha value is -1.95. The van der Waals surface area contributed by atoms with E-state index in [4.69, 9.17) is 4.74 Å². The number of amides is 2. The SMILES string of the molecule is COC[C@H]1CN(C(C)=O)CC12CCN(C(=O)c1ccc(F)cc1C)CC2. The Bertz CT molecular complexity index is 698. The molecule has 3 rings (SSSR count). The number of hydrogen-bond acceptors (Lipinski definition) is 3. The average Bonchev–Trinajstić information content (AvgIpc) is 2.94. The highest BCUT2D eigenvalue weighted by molar-refractivity contribution is 5.95. The van der Waals surface area contributed by atoms with Gasteiger partial charge >= 0.3 is 0 Å². The fourth-order valence-electron chi connectivity index (χ4n) is 4.46. The number of carbonyl (C=O) groups is 2. The maximum atomic E-state index is 13.3. The Morgan fingerprint density at radius 1 is 1.27 bits per heavy atom. The Balaban J connectivity index is 1.71. The molecule has 6 heteroatoms. The molecule has 1 aromatic carbocycles. The topological polar surface area (TPSA) is 49.9 Å². The van der Waals surface area contributed by atoms with Gasteiger partial charge in [-0.15, -0.1) is 0 Å². The van der Waals surface area contributed by atoms with Crippen LogP contribution in [0.15, 0.2) is 18.2 Å². The summed E-state index contributed by atoms with van der Waals surface area (Å²) in [5.41, 5.74) is 1.25. The number of methoxy groups -OCH3 is 1. The van der Waals surface area contributed by atoms with E-state index >= 15 is 0 Å². The van der Waals surface area contributed by atoms with Gasteiger partial charge in [-0.05, 0) is 48.9 Å². The van der Waals surface area contributed by atoms with Gasteiger partial charge < -0.3 is 14.5 Å². The van der Waals surface area contributed by atoms with Crippen LogP contribution in [-0.2, 0) is 9.53 Å². The zero-order valence-electron chi connectivity index (χ0n) is 15.8. The minimum atomic E-state index is -0.325. The van der Waals surface area contributed by atoms with Crippen LogP contribution in [0.3, 0.4) is 0 Å². The van der Waals surface area contributed by atoms with Crippen LogP contribution >= 0.6 is 0 Å². The number of carbonyl (C=O) groups excluding carboxylic acids is 2. The lowest BCUT2D eigenvalue weighted by Crippen LogP contribution is -2.47. The predicted octanol–water partition coefficient (Wildman–Crippen LogP) is 2.48. The monoisotopic (exact) mass is 362 g/mol. The van der Waals surface area contributed by atoms with Crippen LogP contribution in [0.1, 0.15) is 35.7 Å². The molecular formula is C20H27FN2O3. The van der Waals surface area contributed by atoms with Gasteiger partial charge in [-0.1, -0.05) is 0 Å². The summed E-state index contributed by atoms with van der Waals surface area (Å²) >= 11 is 0. The molecule has 2 heterocycles. The van der Waals surface area contributed by atoms with Gasteiger partial charge in [0.2, 0.25) is 5.91 Å². The van der Waals surface area contributed by atoms with E-state index in [0.29, 0.717) is 36.7 Å². The Morgan fingerprint density at radius 2 is 1.96 bits per heavy atom. The lowest BCUT2D eigenvalue weighted by atomic mass is 9.71. The second kappa shape index (κ2) is 7.35. The van der Waals surface area contributed by atoms with Crippen molar-refractivity contribution in [2.45, 2.75) is 26.7 Å². The number of hydrogen-bond donors (Lipinski definition) is 0. The smallest absolute Gasteiger partial charge is 0.254 e. The van der Waals surface area contributed by atoms with E-state index in [1.165, 1.54) is 12.1 Å². The maximum absolute atomic E-state index is 13.3. The van der Waals surface area contributed by atoms with Gasteiger partial charge in [0, 0.05) is 51.7 Å². The van der Waals surface area contributed by atoms with Gasteiger partial charge in [-0.2, -0.15) is 0 Å². The van der Waals surface area contributed by atoms with Crippen molar-refractivity contribution in [3.63, 3.8) is 0 Å². The number of ether oxygens (including phenoxy) is 1. The normalized spacial score (nSPS) is 22.1. The number of piperidine rings is 1. The molecule has 0 aliphatic carbocycles. The molecule has 1 spiro atoms. The van der Waals surface area contributed by atoms with E-state index in [1.807, 2.05) is 9.80 Å². The van der Waals surface area contributed by atoms with Gasteiger partial charge in [-0.25, -0.2) is 4.39 Å². The van der Waals surface area contributed by atoms with Gasteiger partial charge in [-0.3, -0.25) is 9.59 Å². The van der Waals surface area contributed by atoms with E-state index in [1.54, 1.807) is 27.0 Å². The van der Waals surface area contributed by atoms with Crippen LogP contribution in [0, 0.1) is 24.1 Å². The summed E-state index contributed by atoms with van der Waals surface area (Å²) < 4.78 is 18.7. The summed E-state index contributed by atoms with van der Waals surface area (Å²) in [5, 5.41) is 0. The van der Waals surface area contributed by atoms with E-state index in [9.17, 15) is 14.0 Å². The zero-order valence-corrected chi connectivity index (χ0v) is 15.8. The number of nitrogens with zero attached hydrogens (tertiary/aromatic N) is 2. The quantitative estimate of drug-likeness (QED) is 0.830. The van der Waals surface area contributed by atoms with Crippen LogP contribution in [-0.4, -0.2) is 61.5 Å². The van der Waals surface area contributed by atoms with E-state index in [2.05, 4.69) is 0 Å². The molecule has 2 amide bonds. The first-order valence-electron chi connectivity index (χ1n) is 9.16. The van der Waals surface area contributed by atoms with E-state index in [0.717, 1.165) is 25.9 Å². The molecule has 2 aliphatic rings. The fraction of sp³-hybridized carbons (Fsp3) is 0.600. The van der Waals surface area contributed by atoms with Crippen molar-refractivity contribution < 1.29 is 18.7 Å². The highest BCUT2D eigenvalue weighted by Crippen LogP contribution is 2.45. The Morgan fingerprint density at radius 3 is 2.54 bits per heavy atom. The number of halogens is 1. The minimum absolute atomic E-state index is 0.0241. The third-order valence-electron chi connectivity index (χ3n) is 6.09. The molecule has 0 radical (unpaired) electrons. The third kappa shape index (κ3) is 3.47. The summed E-state index contributed by atoms with van der Waals surface area (Å²) in [6, 6.07) is 4.30. The molecule has 1 aromatic rings. The van der Waals surface area contributed by atoms with Crippen LogP contribution in [0.2, 0.25) is 0 Å². The lowest BCUT2D eigenvalue weighted by molar-refractivity contribution is -0.128. The molecule has 26 heavy (non-hydrogen) atoms. The summed E-state index contributed by atoms with van der Waals surface area (Å²) in [6.07, 6.45) is 1.72. The van der Waals surface area contributed by atoms with Gasteiger partial charge in [0.05, 0.1) is 6.61 Å². The third-order valence-corrected chi connectivity index (χ3v) is 6.09. The van der Waals surface area contributed by atoms with Crippen molar-refractivity contribution in [3.8, 4) is 0 Å². The number of likely N-dealkylation sites (tertiary alicyclic amines) is 2. The first-order valence-corrected chi connectivity index (χ1v) is 9.16. The molecular weight excluding hydrogens is 335 g/mol. The molecule has 0 saturated carbocycles. The van der Waals surface area contributed by atoms with Crippen molar-refractivity contribution in [3.05, 3.63) is 35.1 Å². The standard InChI is InChI=1S/C20H27FN2O3/c1-14-10-17(21)4-5-18(14)19(25)22-8-6-20(7-9-22)13-23(15(2)24)11-16(20)12-26-3/h4-5,10,16H,6-9,11-13H2,1-3H3/t16-/m1/s1. The number of aryl methyl sites for hydroxylation is 1. The number of benzene rings is 1. The second-order valence-corrected chi connectivity index (χ2v) is 7.67. The van der Waals surface area contributed by atoms with E-state index < -0.39 is 0 Å². The molecule has 0 unspecified atom stereocenters. The molecule has 1 atom stereocenters. The van der Waals surface area contributed by atoms with Crippen LogP contribution in [0.25, 0.3) is 0 Å². The van der Waals surface area contributed by atoms with Crippen molar-refractivity contribution in [2.75, 3.05) is 39.9 Å². The van der Waals surface area contributed by atoms with Crippen LogP contribution < -0.4 is 0 Å². The first kappa shape index (κ1) is 18.8. The largest absolute Gasteiger partial charge is 0.384 e. The van der Waals surface area contributed by atoms with Crippen molar-refractivity contribution in [2.24, 2.45) is 11.3 Å². The lowest BCUT2D eigenvalue weighted by Gasteiger charge is -2.42. The van der Waals surface area contributed by atoms with Gasteiger partial charge in [0.1, 0.15) is 5.82 Å². The zero-order chi connectivity index (χ0) is 18.9. The fourth-order valence-corrected chi connectivity index (χ4v) is 4.46. The molecule has 0 bridgehead atoms. The average molecular weight is 362 g/mol. The van der Waals surface area contributed by atoms with Crippen molar-refractivity contribution in [1.29, 1.82) is 0 Å². The molecule has 2 aliphatic heterocycles.